The number of nitrogens with zero attached hydrogens (tertiary/aromatic N) is 1. The van der Waals surface area contributed by atoms with Crippen molar-refractivity contribution in [2.75, 3.05) is 0 Å². The number of fused-ring (bicyclic) bond motifs is 1. The number of aliphatic carboxylic acids is 1. The number of β-lactam (4-membered cyclic amide) rings is 1. The van der Waals surface area contributed by atoms with Gasteiger partial charge in [0.25, 0.3) is 5.91 Å². The maximum atomic E-state index is 12.2. The van der Waals surface area contributed by atoms with Crippen molar-refractivity contribution in [3.8, 4) is 0 Å². The summed E-state index contributed by atoms with van der Waals surface area (Å²) in [5.74, 6) is -2.18. The molecule has 6 nitrogen and oxygen atoms in total. The van der Waals surface area contributed by atoms with Crippen molar-refractivity contribution in [2.24, 2.45) is 0 Å². The molecule has 0 saturated carbocycles. The predicted molar refractivity (Wildman–Crippen MR) is 63.0 cm³/mol. The molecule has 0 N–H and O–H groups in total. The monoisotopic (exact) mass is 388 g/mol. The summed E-state index contributed by atoms with van der Waals surface area (Å²) in [6.07, 6.45) is 0. The number of halogens is 2. The first-order valence-corrected chi connectivity index (χ1v) is 7.75. The first-order valence-electron chi connectivity index (χ1n) is 4.62. The molecule has 0 aromatic carbocycles. The summed E-state index contributed by atoms with van der Waals surface area (Å²) < 4.78 is 21.4. The number of hydrogen-bond acceptors (Lipinski definition) is 5. The van der Waals surface area contributed by atoms with Gasteiger partial charge in [-0.25, -0.2) is 8.42 Å². The van der Waals surface area contributed by atoms with Gasteiger partial charge in [-0.2, -0.15) is 0 Å². The van der Waals surface area contributed by atoms with Crippen LogP contribution in [0.3, 0.4) is 0 Å². The molecule has 17 heavy (non-hydrogen) atoms. The molecule has 96 valence electrons. The Balaban J connectivity index is 2.65. The van der Waals surface area contributed by atoms with Crippen molar-refractivity contribution >= 4 is 53.6 Å². The molecule has 2 unspecified atom stereocenters. The van der Waals surface area contributed by atoms with Gasteiger partial charge in [0.15, 0.2) is 18.4 Å². The van der Waals surface area contributed by atoms with Crippen LogP contribution in [0.1, 0.15) is 13.8 Å². The highest BCUT2D eigenvalue weighted by molar-refractivity contribution is 9.26. The molecular weight excluding hydrogens is 382 g/mol. The molecule has 0 aromatic rings. The largest absolute Gasteiger partial charge is 0.548 e. The first kappa shape index (κ1) is 13.3. The van der Waals surface area contributed by atoms with E-state index in [-0.39, 0.29) is 0 Å². The van der Waals surface area contributed by atoms with Crippen LogP contribution in [0.25, 0.3) is 0 Å². The Labute approximate surface area is 115 Å². The van der Waals surface area contributed by atoms with Crippen molar-refractivity contribution in [1.29, 1.82) is 0 Å². The van der Waals surface area contributed by atoms with Crippen LogP contribution < -0.4 is 5.11 Å². The summed E-state index contributed by atoms with van der Waals surface area (Å²) in [6, 6.07) is -1.46. The minimum atomic E-state index is -3.81. The van der Waals surface area contributed by atoms with Gasteiger partial charge in [0.2, 0.25) is 0 Å². The van der Waals surface area contributed by atoms with Crippen LogP contribution in [0.2, 0.25) is 0 Å². The van der Waals surface area contributed by atoms with E-state index in [1.165, 1.54) is 13.8 Å². The van der Waals surface area contributed by atoms with E-state index in [1.807, 2.05) is 0 Å². The second-order valence-electron chi connectivity index (χ2n) is 4.56. The number of rotatable bonds is 1. The third-order valence-electron chi connectivity index (χ3n) is 3.27. The molecule has 2 heterocycles. The second-order valence-corrected chi connectivity index (χ2v) is 10.7. The Hall–Kier alpha value is -0.150. The minimum absolute atomic E-state index is 0.620. The van der Waals surface area contributed by atoms with Crippen LogP contribution in [0.5, 0.6) is 0 Å². The highest BCUT2D eigenvalue weighted by Gasteiger charge is 2.75. The Morgan fingerprint density at radius 2 is 1.88 bits per heavy atom. The van der Waals surface area contributed by atoms with Crippen LogP contribution in [0.4, 0.5) is 0 Å². The van der Waals surface area contributed by atoms with Crippen LogP contribution in [0.15, 0.2) is 0 Å². The normalized spacial score (nSPS) is 36.2. The second kappa shape index (κ2) is 3.24. The number of carboxylic acid groups (broad SMARTS) is 1. The van der Waals surface area contributed by atoms with Crippen LogP contribution in [-0.2, 0) is 19.4 Å². The van der Waals surface area contributed by atoms with Crippen molar-refractivity contribution in [3.63, 3.8) is 0 Å². The van der Waals surface area contributed by atoms with Crippen LogP contribution in [0, 0.1) is 0 Å². The highest BCUT2D eigenvalue weighted by atomic mass is 79.9. The lowest BCUT2D eigenvalue weighted by atomic mass is 9.98. The number of carbonyl (C=O) groups excluding carboxylic acids is 2. The van der Waals surface area contributed by atoms with E-state index >= 15 is 0 Å². The zero-order chi connectivity index (χ0) is 13.4. The molecule has 2 atom stereocenters. The third-order valence-corrected chi connectivity index (χ3v) is 8.28. The summed E-state index contributed by atoms with van der Waals surface area (Å²) in [4.78, 5) is 23.6. The van der Waals surface area contributed by atoms with E-state index in [2.05, 4.69) is 31.9 Å². The maximum absolute atomic E-state index is 12.2. The van der Waals surface area contributed by atoms with Crippen LogP contribution >= 0.6 is 31.9 Å². The van der Waals surface area contributed by atoms with Crippen molar-refractivity contribution in [2.45, 2.75) is 33.2 Å². The summed E-state index contributed by atoms with van der Waals surface area (Å²) >= 11 is 5.95. The van der Waals surface area contributed by atoms with Gasteiger partial charge in [0.1, 0.15) is 0 Å². The lowest BCUT2D eigenvalue weighted by molar-refractivity contribution is -0.312. The van der Waals surface area contributed by atoms with Gasteiger partial charge in [-0.05, 0) is 13.8 Å². The SMILES string of the molecule is CC1(C)C(C(=O)[O-])N2C(=O)C(Br)(Br)C2S1(=O)=O. The van der Waals surface area contributed by atoms with E-state index in [1.54, 1.807) is 0 Å². The molecule has 2 aliphatic heterocycles. The fourth-order valence-electron chi connectivity index (χ4n) is 2.27. The van der Waals surface area contributed by atoms with Gasteiger partial charge in [-0.1, -0.05) is 31.9 Å². The summed E-state index contributed by atoms with van der Waals surface area (Å²) in [5.41, 5.74) is 0. The molecule has 2 fully saturated rings. The number of carboxylic acids is 1. The minimum Gasteiger partial charge on any atom is -0.548 e. The molecule has 1 amide bonds. The Kier molecular flexibility index (Phi) is 2.53. The molecule has 0 bridgehead atoms. The molecule has 2 saturated heterocycles. The molecule has 0 aromatic heterocycles. The summed E-state index contributed by atoms with van der Waals surface area (Å²) in [5, 5.41) is 9.83. The number of alkyl halides is 2. The van der Waals surface area contributed by atoms with E-state index < -0.39 is 41.1 Å². The molecular formula is C8H8Br2NO5S-. The van der Waals surface area contributed by atoms with Gasteiger partial charge in [0.05, 0.1) is 16.8 Å². The zero-order valence-electron chi connectivity index (χ0n) is 8.81. The average Bonchev–Trinajstić information content (AvgIpc) is 2.29. The van der Waals surface area contributed by atoms with Gasteiger partial charge in [-0.3, -0.25) is 4.79 Å². The molecule has 0 radical (unpaired) electrons. The predicted octanol–water partition coefficient (Wildman–Crippen LogP) is -1.03. The summed E-state index contributed by atoms with van der Waals surface area (Å²) in [6.45, 7) is 2.56. The molecule has 9 heteroatoms. The molecule has 2 aliphatic rings. The smallest absolute Gasteiger partial charge is 0.255 e. The van der Waals surface area contributed by atoms with E-state index in [0.29, 0.717) is 0 Å². The lowest BCUT2D eigenvalue weighted by Gasteiger charge is -2.46. The molecule has 2 rings (SSSR count). The van der Waals surface area contributed by atoms with Gasteiger partial charge < -0.3 is 14.8 Å². The Morgan fingerprint density at radius 3 is 2.29 bits per heavy atom. The quantitative estimate of drug-likeness (QED) is 0.422. The number of carbonyl (C=O) groups is 2. The van der Waals surface area contributed by atoms with E-state index in [4.69, 9.17) is 0 Å². The lowest BCUT2D eigenvalue weighted by Crippen LogP contribution is -2.70. The maximum Gasteiger partial charge on any atom is 0.255 e. The summed E-state index contributed by atoms with van der Waals surface area (Å²) in [7, 11) is -3.81. The van der Waals surface area contributed by atoms with Gasteiger partial charge >= 0.3 is 0 Å². The van der Waals surface area contributed by atoms with E-state index in [0.717, 1.165) is 4.90 Å². The Morgan fingerprint density at radius 1 is 1.41 bits per heavy atom. The number of hydrogen-bond donors (Lipinski definition) is 0. The van der Waals surface area contributed by atoms with Gasteiger partial charge in [-0.15, -0.1) is 0 Å². The highest BCUT2D eigenvalue weighted by Crippen LogP contribution is 2.56. The average molecular weight is 390 g/mol. The first-order chi connectivity index (χ1) is 7.47. The van der Waals surface area contributed by atoms with Gasteiger partial charge in [0, 0.05) is 0 Å². The van der Waals surface area contributed by atoms with Crippen molar-refractivity contribution in [1.82, 2.24) is 4.90 Å². The number of sulfone groups is 1. The third kappa shape index (κ3) is 1.27. The van der Waals surface area contributed by atoms with Crippen molar-refractivity contribution in [3.05, 3.63) is 0 Å². The fraction of sp³-hybridized carbons (Fsp3) is 0.750. The number of amides is 1. The van der Waals surface area contributed by atoms with Crippen LogP contribution in [-0.4, -0.2) is 44.6 Å². The standard InChI is InChI=1S/C8H9Br2NO5S/c1-7(2)3(4(12)13)11-5(14)8(9,10)6(11)17(7,15)16/h3,6H,1-2H3,(H,12,13)/p-1. The molecule has 0 aliphatic carbocycles. The van der Waals surface area contributed by atoms with Crippen molar-refractivity contribution < 1.29 is 23.1 Å². The zero-order valence-corrected chi connectivity index (χ0v) is 12.8. The fourth-order valence-corrected chi connectivity index (χ4v) is 6.70. The molecule has 0 spiro atoms. The van der Waals surface area contributed by atoms with E-state index in [9.17, 15) is 23.1 Å². The Bertz CT molecular complexity index is 526. The topological polar surface area (TPSA) is 94.6 Å².